The minimum Gasteiger partial charge on any atom is -0.207 e. The van der Waals surface area contributed by atoms with Gasteiger partial charge < -0.3 is 0 Å². The molecule has 0 aliphatic carbocycles. The molecule has 0 radical (unpaired) electrons. The first-order valence-electron chi connectivity index (χ1n) is 6.31. The maximum absolute atomic E-state index is 12.7. The van der Waals surface area contributed by atoms with Gasteiger partial charge in [0.05, 0.1) is 11.5 Å². The minimum absolute atomic E-state index is 0.227. The molecule has 17 heavy (non-hydrogen) atoms. The Bertz CT molecular complexity index is 344. The normalized spacial score (nSPS) is 10.1. The Morgan fingerprint density at radius 3 is 1.94 bits per heavy atom. The Morgan fingerprint density at radius 2 is 1.59 bits per heavy atom. The van der Waals surface area contributed by atoms with Gasteiger partial charge in [-0.3, -0.25) is 0 Å². The lowest BCUT2D eigenvalue weighted by Gasteiger charge is -2.23. The summed E-state index contributed by atoms with van der Waals surface area (Å²) in [5, 5.41) is 9.17. The molecule has 1 aromatic carbocycles. The second-order valence-electron chi connectivity index (χ2n) is 3.90. The van der Waals surface area contributed by atoms with Crippen LogP contribution in [-0.4, -0.2) is 0 Å². The number of nitrogens with zero attached hydrogens (tertiary/aromatic N) is 1. The number of hydrogen-bond donors (Lipinski definition) is 0. The quantitative estimate of drug-likeness (QED) is 0.740. The summed E-state index contributed by atoms with van der Waals surface area (Å²) in [5.74, 6) is -0.227. The zero-order valence-electron chi connectivity index (χ0n) is 11.3. The van der Waals surface area contributed by atoms with Gasteiger partial charge in [0.15, 0.2) is 0 Å². The molecular formula is C15H22FN. The third kappa shape index (κ3) is 4.56. The Kier molecular flexibility index (Phi) is 7.21. The van der Waals surface area contributed by atoms with Crippen LogP contribution >= 0.6 is 0 Å². The molecule has 0 atom stereocenters. The van der Waals surface area contributed by atoms with E-state index in [-0.39, 0.29) is 11.2 Å². The van der Waals surface area contributed by atoms with Crippen LogP contribution in [0.4, 0.5) is 4.39 Å². The Morgan fingerprint density at radius 1 is 1.12 bits per heavy atom. The van der Waals surface area contributed by atoms with Gasteiger partial charge in [0.25, 0.3) is 0 Å². The molecule has 0 bridgehead atoms. The number of rotatable bonds is 4. The first kappa shape index (κ1) is 15.6. The average molecular weight is 235 g/mol. The Balaban J connectivity index is 0.00000121. The lowest BCUT2D eigenvalue weighted by Crippen LogP contribution is -2.19. The van der Waals surface area contributed by atoms with Gasteiger partial charge in [-0.15, -0.1) is 0 Å². The monoisotopic (exact) mass is 235 g/mol. The molecular weight excluding hydrogens is 213 g/mol. The van der Waals surface area contributed by atoms with E-state index in [2.05, 4.69) is 6.07 Å². The van der Waals surface area contributed by atoms with Crippen molar-refractivity contribution in [3.63, 3.8) is 0 Å². The summed E-state index contributed by atoms with van der Waals surface area (Å²) in [6.45, 7) is 8.05. The van der Waals surface area contributed by atoms with Gasteiger partial charge in [-0.1, -0.05) is 39.8 Å². The molecule has 94 valence electrons. The van der Waals surface area contributed by atoms with Crippen molar-refractivity contribution >= 4 is 0 Å². The zero-order chi connectivity index (χ0) is 13.3. The average Bonchev–Trinajstić information content (AvgIpc) is 2.41. The molecule has 0 N–H and O–H groups in total. The summed E-state index contributed by atoms with van der Waals surface area (Å²) in [7, 11) is 0. The van der Waals surface area contributed by atoms with Crippen molar-refractivity contribution in [1.82, 2.24) is 0 Å². The van der Waals surface area contributed by atoms with Crippen LogP contribution < -0.4 is 0 Å². The van der Waals surface area contributed by atoms with E-state index in [0.717, 1.165) is 18.4 Å². The van der Waals surface area contributed by atoms with Crippen LogP contribution in [0.1, 0.15) is 46.1 Å². The topological polar surface area (TPSA) is 23.8 Å². The van der Waals surface area contributed by atoms with E-state index in [1.165, 1.54) is 12.1 Å². The van der Waals surface area contributed by atoms with Crippen LogP contribution in [0.25, 0.3) is 0 Å². The van der Waals surface area contributed by atoms with Crippen LogP contribution in [0.2, 0.25) is 0 Å². The molecule has 0 aliphatic heterocycles. The fraction of sp³-hybridized carbons (Fsp3) is 0.533. The number of nitriles is 1. The predicted octanol–water partition coefficient (Wildman–Crippen LogP) is 4.72. The molecule has 0 fully saturated rings. The molecule has 0 aromatic heterocycles. The van der Waals surface area contributed by atoms with Gasteiger partial charge in [-0.05, 0) is 37.0 Å². The molecule has 0 saturated heterocycles. The highest BCUT2D eigenvalue weighted by Gasteiger charge is 2.25. The van der Waals surface area contributed by atoms with E-state index < -0.39 is 0 Å². The second-order valence-corrected chi connectivity index (χ2v) is 3.90. The summed E-state index contributed by atoms with van der Waals surface area (Å²) in [4.78, 5) is 0. The molecule has 0 saturated carbocycles. The van der Waals surface area contributed by atoms with Crippen molar-refractivity contribution in [2.75, 3.05) is 0 Å². The van der Waals surface area contributed by atoms with E-state index >= 15 is 0 Å². The zero-order valence-corrected chi connectivity index (χ0v) is 11.3. The van der Waals surface area contributed by atoms with E-state index in [4.69, 9.17) is 5.26 Å². The highest BCUT2D eigenvalue weighted by molar-refractivity contribution is 5.20. The van der Waals surface area contributed by atoms with Gasteiger partial charge in [0.2, 0.25) is 0 Å². The molecule has 0 unspecified atom stereocenters. The maximum atomic E-state index is 12.7. The van der Waals surface area contributed by atoms with Gasteiger partial charge in [-0.25, -0.2) is 4.39 Å². The fourth-order valence-corrected chi connectivity index (χ4v) is 1.69. The molecule has 1 aromatic rings. The van der Waals surface area contributed by atoms with Crippen LogP contribution in [-0.2, 0) is 6.42 Å². The van der Waals surface area contributed by atoms with E-state index in [1.54, 1.807) is 12.1 Å². The SMILES string of the molecule is CC.CCC(C#N)(CC)Cc1ccc(F)cc1. The number of halogens is 1. The highest BCUT2D eigenvalue weighted by atomic mass is 19.1. The fourth-order valence-electron chi connectivity index (χ4n) is 1.69. The van der Waals surface area contributed by atoms with Crippen molar-refractivity contribution in [2.24, 2.45) is 5.41 Å². The summed E-state index contributed by atoms with van der Waals surface area (Å²) in [6, 6.07) is 8.79. The first-order valence-corrected chi connectivity index (χ1v) is 6.31. The predicted molar refractivity (Wildman–Crippen MR) is 70.1 cm³/mol. The van der Waals surface area contributed by atoms with Crippen LogP contribution in [0.3, 0.4) is 0 Å². The lowest BCUT2D eigenvalue weighted by atomic mass is 9.78. The van der Waals surface area contributed by atoms with E-state index in [1.807, 2.05) is 27.7 Å². The highest BCUT2D eigenvalue weighted by Crippen LogP contribution is 2.29. The molecule has 0 spiro atoms. The van der Waals surface area contributed by atoms with Gasteiger partial charge in [0.1, 0.15) is 5.82 Å². The van der Waals surface area contributed by atoms with Gasteiger partial charge in [-0.2, -0.15) is 5.26 Å². The first-order chi connectivity index (χ1) is 8.15. The minimum atomic E-state index is -0.294. The van der Waals surface area contributed by atoms with Crippen molar-refractivity contribution < 1.29 is 4.39 Å². The van der Waals surface area contributed by atoms with Crippen molar-refractivity contribution in [1.29, 1.82) is 5.26 Å². The van der Waals surface area contributed by atoms with E-state index in [0.29, 0.717) is 6.42 Å². The van der Waals surface area contributed by atoms with Crippen LogP contribution in [0, 0.1) is 22.6 Å². The van der Waals surface area contributed by atoms with Crippen molar-refractivity contribution in [2.45, 2.75) is 47.0 Å². The molecule has 0 amide bonds. The van der Waals surface area contributed by atoms with Gasteiger partial charge >= 0.3 is 0 Å². The number of hydrogen-bond acceptors (Lipinski definition) is 1. The number of benzene rings is 1. The summed E-state index contributed by atoms with van der Waals surface area (Å²) >= 11 is 0. The van der Waals surface area contributed by atoms with Crippen LogP contribution in [0.5, 0.6) is 0 Å². The molecule has 2 heteroatoms. The van der Waals surface area contributed by atoms with Crippen molar-refractivity contribution in [3.05, 3.63) is 35.6 Å². The third-order valence-electron chi connectivity index (χ3n) is 3.05. The van der Waals surface area contributed by atoms with Crippen LogP contribution in [0.15, 0.2) is 24.3 Å². The van der Waals surface area contributed by atoms with Gasteiger partial charge in [0, 0.05) is 0 Å². The van der Waals surface area contributed by atoms with Crippen molar-refractivity contribution in [3.8, 4) is 6.07 Å². The summed E-state index contributed by atoms with van der Waals surface area (Å²) in [5.41, 5.74) is 0.735. The summed E-state index contributed by atoms with van der Waals surface area (Å²) < 4.78 is 12.7. The Labute approximate surface area is 104 Å². The molecule has 0 heterocycles. The Hall–Kier alpha value is -1.36. The second kappa shape index (κ2) is 7.84. The smallest absolute Gasteiger partial charge is 0.123 e. The van der Waals surface area contributed by atoms with E-state index in [9.17, 15) is 4.39 Å². The maximum Gasteiger partial charge on any atom is 0.123 e. The standard InChI is InChI=1S/C13H16FN.C2H6/c1-3-13(4-2,10-15)9-11-5-7-12(14)8-6-11;1-2/h5-8H,3-4,9H2,1-2H3;1-2H3. The molecule has 1 rings (SSSR count). The largest absolute Gasteiger partial charge is 0.207 e. The molecule has 1 nitrogen and oxygen atoms in total. The molecule has 0 aliphatic rings. The lowest BCUT2D eigenvalue weighted by molar-refractivity contribution is 0.363. The summed E-state index contributed by atoms with van der Waals surface area (Å²) in [6.07, 6.45) is 2.37. The third-order valence-corrected chi connectivity index (χ3v) is 3.05.